The molecule has 0 heterocycles. The Labute approximate surface area is 88.1 Å². The van der Waals surface area contributed by atoms with E-state index in [1.54, 1.807) is 6.08 Å². The van der Waals surface area contributed by atoms with Crippen molar-refractivity contribution in [1.82, 2.24) is 0 Å². The summed E-state index contributed by atoms with van der Waals surface area (Å²) in [5.74, 6) is 0. The molecule has 7 heavy (non-hydrogen) atoms. The number of hydrogen-bond donors (Lipinski definition) is 0. The van der Waals surface area contributed by atoms with Gasteiger partial charge >= 0.3 is 0 Å². The molecule has 0 aromatic carbocycles. The second kappa shape index (κ2) is 10.2. The van der Waals surface area contributed by atoms with Crippen molar-refractivity contribution in [1.29, 1.82) is 0 Å². The summed E-state index contributed by atoms with van der Waals surface area (Å²) in [7, 11) is 0. The van der Waals surface area contributed by atoms with Gasteiger partial charge in [0.2, 0.25) is 0 Å². The number of hydrogen-bond acceptors (Lipinski definition) is 0. The predicted molar refractivity (Wildman–Crippen MR) is 35.4 cm³/mol. The molecule has 0 aliphatic heterocycles. The monoisotopic (exact) mass is 121 g/mol. The zero-order valence-corrected chi connectivity index (χ0v) is 8.27. The minimum absolute atomic E-state index is 0. The Morgan fingerprint density at radius 2 is 2.14 bits per heavy atom. The van der Waals surface area contributed by atoms with Crippen molar-refractivity contribution in [3.63, 3.8) is 0 Å². The summed E-state index contributed by atoms with van der Waals surface area (Å²) >= 11 is 0. The van der Waals surface area contributed by atoms with Gasteiger partial charge in [-0.15, -0.1) is 0 Å². The summed E-state index contributed by atoms with van der Waals surface area (Å²) in [6.07, 6.45) is 6.89. The van der Waals surface area contributed by atoms with Crippen molar-refractivity contribution < 1.29 is 0 Å². The standard InChI is InChI=1S/C6H10.K/c1-3-5-6-4-2;/h3,5-6H,1,4H2,2H3;. The van der Waals surface area contributed by atoms with E-state index in [1.807, 2.05) is 6.08 Å². The second-order valence-electron chi connectivity index (χ2n) is 1.07. The predicted octanol–water partition coefficient (Wildman–Crippen LogP) is 1.76. The molecular weight excluding hydrogens is 111 g/mol. The van der Waals surface area contributed by atoms with Gasteiger partial charge in [0, 0.05) is 51.4 Å². The van der Waals surface area contributed by atoms with E-state index in [4.69, 9.17) is 0 Å². The van der Waals surface area contributed by atoms with Crippen LogP contribution in [-0.4, -0.2) is 51.4 Å². The Morgan fingerprint density at radius 1 is 1.57 bits per heavy atom. The van der Waals surface area contributed by atoms with Gasteiger partial charge in [0.15, 0.2) is 0 Å². The van der Waals surface area contributed by atoms with Crippen LogP contribution >= 0.6 is 0 Å². The van der Waals surface area contributed by atoms with Crippen LogP contribution in [0.15, 0.2) is 24.8 Å². The van der Waals surface area contributed by atoms with Gasteiger partial charge in [0.05, 0.1) is 0 Å². The van der Waals surface area contributed by atoms with Crippen LogP contribution in [0.1, 0.15) is 13.3 Å². The summed E-state index contributed by atoms with van der Waals surface area (Å²) in [5, 5.41) is 0. The zero-order chi connectivity index (χ0) is 4.83. The molecule has 0 N–H and O–H groups in total. The summed E-state index contributed by atoms with van der Waals surface area (Å²) in [6.45, 7) is 5.61. The normalized spacial score (nSPS) is 8.14. The van der Waals surface area contributed by atoms with E-state index in [9.17, 15) is 0 Å². The first-order valence-corrected chi connectivity index (χ1v) is 2.19. The smallest absolute Gasteiger partial charge is 0 e. The minimum Gasteiger partial charge on any atom is -0.0991 e. The largest absolute Gasteiger partial charge is 0.0991 e. The summed E-state index contributed by atoms with van der Waals surface area (Å²) in [4.78, 5) is 0. The first-order valence-electron chi connectivity index (χ1n) is 2.19. The van der Waals surface area contributed by atoms with Gasteiger partial charge in [0.1, 0.15) is 0 Å². The quantitative estimate of drug-likeness (QED) is 0.386. The molecule has 0 bridgehead atoms. The van der Waals surface area contributed by atoms with Crippen LogP contribution in [0.25, 0.3) is 0 Å². The third-order valence-electron chi connectivity index (χ3n) is 0.508. The van der Waals surface area contributed by atoms with Crippen molar-refractivity contribution in [2.24, 2.45) is 0 Å². The molecule has 0 saturated heterocycles. The molecule has 0 aromatic heterocycles. The average molecular weight is 121 g/mol. The van der Waals surface area contributed by atoms with Crippen LogP contribution < -0.4 is 0 Å². The molecule has 0 aromatic rings. The van der Waals surface area contributed by atoms with Crippen molar-refractivity contribution in [3.8, 4) is 0 Å². The molecule has 0 saturated carbocycles. The van der Waals surface area contributed by atoms with Crippen LogP contribution in [-0.2, 0) is 0 Å². The van der Waals surface area contributed by atoms with Crippen LogP contribution in [0.5, 0.6) is 0 Å². The molecule has 1 radical (unpaired) electrons. The van der Waals surface area contributed by atoms with Gasteiger partial charge in [0.25, 0.3) is 0 Å². The Hall–Kier alpha value is 1.12. The van der Waals surface area contributed by atoms with Crippen LogP contribution in [0.4, 0.5) is 0 Å². The van der Waals surface area contributed by atoms with Crippen molar-refractivity contribution in [3.05, 3.63) is 24.8 Å². The average Bonchev–Trinajstić information content (AvgIpc) is 1.61. The third-order valence-corrected chi connectivity index (χ3v) is 0.508. The van der Waals surface area contributed by atoms with Gasteiger partial charge in [-0.2, -0.15) is 0 Å². The van der Waals surface area contributed by atoms with Gasteiger partial charge in [-0.05, 0) is 6.42 Å². The molecule has 0 unspecified atom stereocenters. The van der Waals surface area contributed by atoms with E-state index in [0.29, 0.717) is 0 Å². The second-order valence-corrected chi connectivity index (χ2v) is 1.07. The molecule has 35 valence electrons. The maximum Gasteiger partial charge on any atom is 0 e. The first-order chi connectivity index (χ1) is 2.91. The minimum atomic E-state index is 0. The molecule has 0 aliphatic rings. The maximum atomic E-state index is 3.51. The van der Waals surface area contributed by atoms with E-state index in [1.165, 1.54) is 0 Å². The van der Waals surface area contributed by atoms with Crippen molar-refractivity contribution >= 4 is 51.4 Å². The summed E-state index contributed by atoms with van der Waals surface area (Å²) in [5.41, 5.74) is 0. The van der Waals surface area contributed by atoms with E-state index in [-0.39, 0.29) is 51.4 Å². The Balaban J connectivity index is 0. The van der Waals surface area contributed by atoms with Crippen molar-refractivity contribution in [2.45, 2.75) is 13.3 Å². The van der Waals surface area contributed by atoms with Gasteiger partial charge in [-0.25, -0.2) is 0 Å². The van der Waals surface area contributed by atoms with Crippen molar-refractivity contribution in [2.75, 3.05) is 0 Å². The van der Waals surface area contributed by atoms with Gasteiger partial charge < -0.3 is 0 Å². The van der Waals surface area contributed by atoms with Crippen LogP contribution in [0.3, 0.4) is 0 Å². The first kappa shape index (κ1) is 11.0. The van der Waals surface area contributed by atoms with E-state index < -0.39 is 0 Å². The van der Waals surface area contributed by atoms with Crippen LogP contribution in [0, 0.1) is 0 Å². The fourth-order valence-electron chi connectivity index (χ4n) is 0.232. The Kier molecular flexibility index (Phi) is 16.0. The molecular formula is C6H10K. The zero-order valence-electron chi connectivity index (χ0n) is 5.15. The fraction of sp³-hybridized carbons (Fsp3) is 0.333. The molecule has 0 aliphatic carbocycles. The molecule has 1 heteroatoms. The maximum absolute atomic E-state index is 3.51. The summed E-state index contributed by atoms with van der Waals surface area (Å²) in [6, 6.07) is 0. The van der Waals surface area contributed by atoms with Gasteiger partial charge in [-0.3, -0.25) is 0 Å². The molecule has 0 nitrogen and oxygen atoms in total. The molecule has 0 amide bonds. The van der Waals surface area contributed by atoms with Gasteiger partial charge in [-0.1, -0.05) is 31.7 Å². The van der Waals surface area contributed by atoms with Crippen LogP contribution in [0.2, 0.25) is 0 Å². The third kappa shape index (κ3) is 11.0. The van der Waals surface area contributed by atoms with E-state index in [2.05, 4.69) is 19.6 Å². The molecule has 0 rings (SSSR count). The molecule has 0 spiro atoms. The Bertz CT molecular complexity index is 55.2. The van der Waals surface area contributed by atoms with E-state index in [0.717, 1.165) is 6.42 Å². The fourth-order valence-corrected chi connectivity index (χ4v) is 0.232. The number of rotatable bonds is 2. The number of allylic oxidation sites excluding steroid dienone is 3. The topological polar surface area (TPSA) is 0 Å². The summed E-state index contributed by atoms with van der Waals surface area (Å²) < 4.78 is 0. The SMILES string of the molecule is C=CC=CCC.[K]. The Morgan fingerprint density at radius 3 is 2.29 bits per heavy atom. The molecule has 0 atom stereocenters. The van der Waals surface area contributed by atoms with E-state index >= 15 is 0 Å². The molecule has 0 fully saturated rings.